The molecule has 2 aromatic rings. The van der Waals surface area contributed by atoms with Gasteiger partial charge in [-0.05, 0) is 31.2 Å². The Bertz CT molecular complexity index is 857. The topological polar surface area (TPSA) is 76.7 Å². The highest BCUT2D eigenvalue weighted by atomic mass is 35.5. The molecule has 8 heteroatoms. The third-order valence-electron chi connectivity index (χ3n) is 3.75. The standard InChI is InChI=1S/C18H16Cl2N2O4/c1-10(21-18(24)12-3-2-4-13(19)16(12)20)17(23)22-11-5-6-14-15(9-11)26-8-7-25-14/h2-6,9-10H,7-8H2,1H3,(H,21,24)(H,22,23). The number of fused-ring (bicyclic) bond motifs is 1. The van der Waals surface area contributed by atoms with Gasteiger partial charge in [0.2, 0.25) is 5.91 Å². The number of ether oxygens (including phenoxy) is 2. The number of rotatable bonds is 4. The molecule has 0 saturated carbocycles. The number of amides is 2. The molecule has 1 heterocycles. The highest BCUT2D eigenvalue weighted by molar-refractivity contribution is 6.43. The molecule has 0 radical (unpaired) electrons. The van der Waals surface area contributed by atoms with Gasteiger partial charge in [0.05, 0.1) is 15.6 Å². The highest BCUT2D eigenvalue weighted by Crippen LogP contribution is 2.32. The average Bonchev–Trinajstić information content (AvgIpc) is 2.63. The van der Waals surface area contributed by atoms with Crippen LogP contribution in [0, 0.1) is 0 Å². The summed E-state index contributed by atoms with van der Waals surface area (Å²) in [6.07, 6.45) is 0. The number of halogens is 2. The van der Waals surface area contributed by atoms with Crippen molar-refractivity contribution in [2.24, 2.45) is 0 Å². The van der Waals surface area contributed by atoms with Gasteiger partial charge in [-0.15, -0.1) is 0 Å². The summed E-state index contributed by atoms with van der Waals surface area (Å²) in [6.45, 7) is 2.52. The van der Waals surface area contributed by atoms with Gasteiger partial charge < -0.3 is 20.1 Å². The van der Waals surface area contributed by atoms with Crippen molar-refractivity contribution in [2.75, 3.05) is 18.5 Å². The fraction of sp³-hybridized carbons (Fsp3) is 0.222. The van der Waals surface area contributed by atoms with E-state index in [9.17, 15) is 9.59 Å². The van der Waals surface area contributed by atoms with Crippen LogP contribution in [0.3, 0.4) is 0 Å². The highest BCUT2D eigenvalue weighted by Gasteiger charge is 2.20. The van der Waals surface area contributed by atoms with E-state index in [0.29, 0.717) is 30.4 Å². The molecule has 2 amide bonds. The molecule has 136 valence electrons. The summed E-state index contributed by atoms with van der Waals surface area (Å²) >= 11 is 11.9. The Balaban J connectivity index is 1.64. The monoisotopic (exact) mass is 394 g/mol. The zero-order chi connectivity index (χ0) is 18.7. The van der Waals surface area contributed by atoms with Crippen molar-refractivity contribution in [1.29, 1.82) is 0 Å². The first kappa shape index (κ1) is 18.4. The van der Waals surface area contributed by atoms with E-state index >= 15 is 0 Å². The predicted octanol–water partition coefficient (Wildman–Crippen LogP) is 3.52. The minimum absolute atomic E-state index is 0.145. The van der Waals surface area contributed by atoms with Crippen LogP contribution in [0.25, 0.3) is 0 Å². The Kier molecular flexibility index (Phi) is 5.54. The molecule has 2 N–H and O–H groups in total. The predicted molar refractivity (Wildman–Crippen MR) is 99.5 cm³/mol. The van der Waals surface area contributed by atoms with E-state index in [2.05, 4.69) is 10.6 Å². The van der Waals surface area contributed by atoms with E-state index in [1.54, 1.807) is 37.3 Å². The lowest BCUT2D eigenvalue weighted by Gasteiger charge is -2.20. The van der Waals surface area contributed by atoms with Crippen LogP contribution in [-0.2, 0) is 4.79 Å². The molecule has 0 bridgehead atoms. The van der Waals surface area contributed by atoms with E-state index in [1.165, 1.54) is 6.07 Å². The second kappa shape index (κ2) is 7.85. The fourth-order valence-electron chi connectivity index (χ4n) is 2.39. The van der Waals surface area contributed by atoms with Crippen LogP contribution in [0.2, 0.25) is 10.0 Å². The average molecular weight is 395 g/mol. The number of benzene rings is 2. The van der Waals surface area contributed by atoms with Crippen LogP contribution >= 0.6 is 23.2 Å². The number of carbonyl (C=O) groups excluding carboxylic acids is 2. The number of carbonyl (C=O) groups is 2. The molecule has 0 aromatic heterocycles. The summed E-state index contributed by atoms with van der Waals surface area (Å²) in [5.41, 5.74) is 0.749. The van der Waals surface area contributed by atoms with Crippen molar-refractivity contribution < 1.29 is 19.1 Å². The first-order valence-corrected chi connectivity index (χ1v) is 8.66. The van der Waals surface area contributed by atoms with Crippen molar-refractivity contribution >= 4 is 40.7 Å². The minimum Gasteiger partial charge on any atom is -0.486 e. The summed E-state index contributed by atoms with van der Waals surface area (Å²) in [5.74, 6) is 0.332. The smallest absolute Gasteiger partial charge is 0.253 e. The number of anilines is 1. The number of hydrogen-bond donors (Lipinski definition) is 2. The van der Waals surface area contributed by atoms with Gasteiger partial charge in [-0.2, -0.15) is 0 Å². The lowest BCUT2D eigenvalue weighted by atomic mass is 10.2. The quantitative estimate of drug-likeness (QED) is 0.831. The Hall–Kier alpha value is -2.44. The van der Waals surface area contributed by atoms with Gasteiger partial charge >= 0.3 is 0 Å². The molecule has 1 atom stereocenters. The summed E-state index contributed by atoms with van der Waals surface area (Å²) in [5, 5.41) is 5.74. The van der Waals surface area contributed by atoms with E-state index in [0.717, 1.165) is 0 Å². The third kappa shape index (κ3) is 4.03. The lowest BCUT2D eigenvalue weighted by molar-refractivity contribution is -0.117. The van der Waals surface area contributed by atoms with E-state index in [4.69, 9.17) is 32.7 Å². The van der Waals surface area contributed by atoms with Crippen LogP contribution in [0.5, 0.6) is 11.5 Å². The van der Waals surface area contributed by atoms with Gasteiger partial charge in [0.15, 0.2) is 11.5 Å². The zero-order valence-electron chi connectivity index (χ0n) is 13.8. The molecule has 2 aromatic carbocycles. The molecule has 0 aliphatic carbocycles. The Morgan fingerprint density at radius 1 is 1.08 bits per heavy atom. The molecular weight excluding hydrogens is 379 g/mol. The summed E-state index contributed by atoms with van der Waals surface area (Å²) in [7, 11) is 0. The van der Waals surface area contributed by atoms with Gasteiger partial charge in [0, 0.05) is 11.8 Å². The molecule has 0 fully saturated rings. The first-order valence-electron chi connectivity index (χ1n) is 7.91. The summed E-state index contributed by atoms with van der Waals surface area (Å²) in [4.78, 5) is 24.6. The van der Waals surface area contributed by atoms with Gasteiger partial charge in [0.1, 0.15) is 19.3 Å². The lowest BCUT2D eigenvalue weighted by Crippen LogP contribution is -2.41. The van der Waals surface area contributed by atoms with Crippen molar-refractivity contribution in [2.45, 2.75) is 13.0 Å². The van der Waals surface area contributed by atoms with Crippen LogP contribution in [-0.4, -0.2) is 31.1 Å². The Labute approximate surface area is 160 Å². The van der Waals surface area contributed by atoms with E-state index < -0.39 is 11.9 Å². The van der Waals surface area contributed by atoms with Crippen LogP contribution in [0.15, 0.2) is 36.4 Å². The van der Waals surface area contributed by atoms with Gasteiger partial charge in [-0.3, -0.25) is 9.59 Å². The van der Waals surface area contributed by atoms with E-state index in [-0.39, 0.29) is 21.5 Å². The van der Waals surface area contributed by atoms with Crippen molar-refractivity contribution in [1.82, 2.24) is 5.32 Å². The summed E-state index contributed by atoms with van der Waals surface area (Å²) < 4.78 is 10.9. The normalized spacial score (nSPS) is 13.7. The second-order valence-corrected chi connectivity index (χ2v) is 6.43. The van der Waals surface area contributed by atoms with Gasteiger partial charge in [-0.1, -0.05) is 29.3 Å². The van der Waals surface area contributed by atoms with Gasteiger partial charge in [0.25, 0.3) is 5.91 Å². The van der Waals surface area contributed by atoms with Crippen molar-refractivity contribution in [3.63, 3.8) is 0 Å². The number of nitrogens with one attached hydrogen (secondary N) is 2. The number of hydrogen-bond acceptors (Lipinski definition) is 4. The third-order valence-corrected chi connectivity index (χ3v) is 4.57. The van der Waals surface area contributed by atoms with E-state index in [1.807, 2.05) is 0 Å². The molecular formula is C18H16Cl2N2O4. The SMILES string of the molecule is CC(NC(=O)c1cccc(Cl)c1Cl)C(=O)Nc1ccc2c(c1)OCCO2. The van der Waals surface area contributed by atoms with Crippen LogP contribution < -0.4 is 20.1 Å². The second-order valence-electron chi connectivity index (χ2n) is 5.64. The summed E-state index contributed by atoms with van der Waals surface area (Å²) in [6, 6.07) is 9.05. The largest absolute Gasteiger partial charge is 0.486 e. The first-order chi connectivity index (χ1) is 12.5. The molecule has 1 unspecified atom stereocenters. The fourth-order valence-corrected chi connectivity index (χ4v) is 2.78. The molecule has 1 aliphatic rings. The zero-order valence-corrected chi connectivity index (χ0v) is 15.4. The van der Waals surface area contributed by atoms with Crippen LogP contribution in [0.4, 0.5) is 5.69 Å². The van der Waals surface area contributed by atoms with Crippen molar-refractivity contribution in [3.05, 3.63) is 52.0 Å². The maximum absolute atomic E-state index is 12.3. The van der Waals surface area contributed by atoms with Gasteiger partial charge in [-0.25, -0.2) is 0 Å². The Morgan fingerprint density at radius 2 is 1.81 bits per heavy atom. The maximum atomic E-state index is 12.3. The molecule has 26 heavy (non-hydrogen) atoms. The molecule has 0 saturated heterocycles. The molecule has 0 spiro atoms. The van der Waals surface area contributed by atoms with Crippen molar-refractivity contribution in [3.8, 4) is 11.5 Å². The Morgan fingerprint density at radius 3 is 2.58 bits per heavy atom. The minimum atomic E-state index is -0.786. The maximum Gasteiger partial charge on any atom is 0.253 e. The molecule has 3 rings (SSSR count). The molecule has 6 nitrogen and oxygen atoms in total. The molecule has 1 aliphatic heterocycles. The van der Waals surface area contributed by atoms with Crippen LogP contribution in [0.1, 0.15) is 17.3 Å².